The number of ether oxygens (including phenoxy) is 8. The standard InChI is InChI=1S/C53H70N6O19/c1-26-46-31(58-19-20-73-50(72-6)48(58)76-46)22-37(74-26)75-33-24-53(70,23-28-39(33)45(66)41-40(43(28)64)42(63)27-13-12-15-32(71-5)38(27)44(41)65)34(25-60)56-57-35(61)16-8-7-11-18-59-36(62)21-30(47(59)67)55-17-10-9-14-29(54)49(68)77-51(69)78-52(2,3)4/h12-13,15,26,29-31,33,37,46,48,50,55,60,64,66,70H,7-11,14,16-25,54H2,1-6H3,(H,57,61)/b56-34+/t26-,29-,30?,31-,33-,37-,46+,48+,50-,53-/m0/s1. The summed E-state index contributed by atoms with van der Waals surface area (Å²) in [5.74, 6) is -5.10. The minimum absolute atomic E-state index is 0.0290. The van der Waals surface area contributed by atoms with Crippen LogP contribution in [-0.2, 0) is 58.8 Å². The molecule has 2 aliphatic carbocycles. The molecule has 0 saturated carbocycles. The van der Waals surface area contributed by atoms with E-state index in [4.69, 9.17) is 38.9 Å². The minimum atomic E-state index is -2.20. The summed E-state index contributed by atoms with van der Waals surface area (Å²) < 4.78 is 45.7. The van der Waals surface area contributed by atoms with Crippen molar-refractivity contribution in [2.45, 2.75) is 165 Å². The maximum Gasteiger partial charge on any atom is 0.516 e. The van der Waals surface area contributed by atoms with Gasteiger partial charge in [-0.1, -0.05) is 25.0 Å². The molecule has 25 nitrogen and oxygen atoms in total. The molecule has 4 saturated heterocycles. The molecule has 4 fully saturated rings. The monoisotopic (exact) mass is 1090 g/mol. The Hall–Kier alpha value is -6.00. The molecule has 10 atom stereocenters. The summed E-state index contributed by atoms with van der Waals surface area (Å²) in [7, 11) is 2.85. The highest BCUT2D eigenvalue weighted by Gasteiger charge is 2.55. The zero-order valence-corrected chi connectivity index (χ0v) is 44.6. The Morgan fingerprint density at radius 2 is 1.74 bits per heavy atom. The van der Waals surface area contributed by atoms with Gasteiger partial charge in [-0.2, -0.15) is 5.10 Å². The molecular weight excluding hydrogens is 1020 g/mol. The largest absolute Gasteiger partial charge is 0.516 e. The summed E-state index contributed by atoms with van der Waals surface area (Å²) in [6.45, 7) is 7.19. The highest BCUT2D eigenvalue weighted by atomic mass is 16.8. The van der Waals surface area contributed by atoms with Crippen molar-refractivity contribution in [2.24, 2.45) is 10.8 Å². The Kier molecular flexibility index (Phi) is 18.0. The number of hydrazone groups is 1. The highest BCUT2D eigenvalue weighted by Crippen LogP contribution is 2.53. The average Bonchev–Trinajstić information content (AvgIpc) is 3.99. The first-order valence-corrected chi connectivity index (χ1v) is 26.3. The molecule has 8 N–H and O–H groups in total. The van der Waals surface area contributed by atoms with Gasteiger partial charge in [0.2, 0.25) is 23.5 Å². The number of nitrogens with two attached hydrogens (primary N) is 1. The van der Waals surface area contributed by atoms with Gasteiger partial charge in [0.1, 0.15) is 40.6 Å². The van der Waals surface area contributed by atoms with Crippen LogP contribution in [-0.4, -0.2) is 185 Å². The molecule has 0 radical (unpaired) electrons. The smallest absolute Gasteiger partial charge is 0.507 e. The lowest BCUT2D eigenvalue weighted by molar-refractivity contribution is -0.255. The Labute approximate surface area is 449 Å². The zero-order chi connectivity index (χ0) is 56.4. The summed E-state index contributed by atoms with van der Waals surface area (Å²) >= 11 is 0. The number of methoxy groups -OCH3 is 2. The lowest BCUT2D eigenvalue weighted by Crippen LogP contribution is -2.55. The summed E-state index contributed by atoms with van der Waals surface area (Å²) in [5, 5.41) is 54.8. The number of phenolic OH excluding ortho intramolecular Hbond substituents is 2. The van der Waals surface area contributed by atoms with E-state index in [1.807, 2.05) is 6.92 Å². The van der Waals surface area contributed by atoms with Crippen LogP contribution in [0.2, 0.25) is 0 Å². The van der Waals surface area contributed by atoms with Gasteiger partial charge in [0.15, 0.2) is 24.6 Å². The number of imide groups is 1. The molecule has 25 heteroatoms. The van der Waals surface area contributed by atoms with Gasteiger partial charge >= 0.3 is 12.1 Å². The second kappa shape index (κ2) is 24.2. The molecule has 2 aromatic carbocycles. The van der Waals surface area contributed by atoms with E-state index in [0.29, 0.717) is 51.8 Å². The van der Waals surface area contributed by atoms with Crippen LogP contribution in [0.3, 0.4) is 0 Å². The number of aliphatic hydroxyl groups is 2. The van der Waals surface area contributed by atoms with Crippen molar-refractivity contribution in [3.05, 3.63) is 51.6 Å². The van der Waals surface area contributed by atoms with Gasteiger partial charge in [-0.15, -0.1) is 0 Å². The molecule has 4 heterocycles. The first kappa shape index (κ1) is 58.2. The number of phenols is 2. The number of nitrogens with zero attached hydrogens (tertiary/aromatic N) is 3. The lowest BCUT2D eigenvalue weighted by Gasteiger charge is -2.44. The number of amides is 3. The SMILES string of the molecule is COc1cccc2c1C(=O)c1c(O)c3c(c(O)c1C2=O)C[C@@](O)(/C(CO)=N/NC(=O)CCCCCN1C(=O)CC(NCCCC[C@H](N)C(=O)OC(=O)OC(C)(C)C)C1=O)C[C@@H]3O[C@H]1C[C@H]2[C@H](O[C@@H]3[C@@H](OC)OCCN32)[C@H](C)O1. The van der Waals surface area contributed by atoms with Gasteiger partial charge in [-0.25, -0.2) is 15.0 Å². The predicted molar refractivity (Wildman–Crippen MR) is 270 cm³/mol. The van der Waals surface area contributed by atoms with Gasteiger partial charge in [0.05, 0.1) is 67.4 Å². The number of carbonyl (C=O) groups is 7. The number of ketones is 2. The second-order valence-electron chi connectivity index (χ2n) is 21.3. The summed E-state index contributed by atoms with van der Waals surface area (Å²) in [6.07, 6.45) is -4.17. The fraction of sp³-hybridized carbons (Fsp3) is 0.623. The van der Waals surface area contributed by atoms with Crippen molar-refractivity contribution in [1.82, 2.24) is 20.5 Å². The third kappa shape index (κ3) is 12.1. The zero-order valence-electron chi connectivity index (χ0n) is 44.6. The van der Waals surface area contributed by atoms with E-state index in [0.717, 1.165) is 0 Å². The molecule has 1 unspecified atom stereocenters. The van der Waals surface area contributed by atoms with Crippen LogP contribution in [0, 0.1) is 0 Å². The van der Waals surface area contributed by atoms with Crippen molar-refractivity contribution >= 4 is 47.1 Å². The van der Waals surface area contributed by atoms with E-state index in [2.05, 4.69) is 25.5 Å². The van der Waals surface area contributed by atoms with Crippen LogP contribution >= 0.6 is 0 Å². The number of hydrogen-bond donors (Lipinski definition) is 7. The number of hydrogen-bond acceptors (Lipinski definition) is 23. The number of aromatic hydroxyl groups is 2. The van der Waals surface area contributed by atoms with Crippen LogP contribution in [0.1, 0.15) is 141 Å². The molecule has 78 heavy (non-hydrogen) atoms. The van der Waals surface area contributed by atoms with Crippen molar-refractivity contribution in [2.75, 3.05) is 47.1 Å². The summed E-state index contributed by atoms with van der Waals surface area (Å²) in [5.41, 5.74) is 3.44. The number of likely N-dealkylation sites (tertiary alicyclic amines) is 1. The van der Waals surface area contributed by atoms with Gasteiger partial charge in [0, 0.05) is 68.6 Å². The molecule has 4 aliphatic heterocycles. The van der Waals surface area contributed by atoms with Gasteiger partial charge in [-0.05, 0) is 66.0 Å². The topological polar surface area (TPSA) is 343 Å². The molecule has 0 bridgehead atoms. The van der Waals surface area contributed by atoms with Gasteiger partial charge in [-0.3, -0.25) is 33.8 Å². The van der Waals surface area contributed by atoms with Crippen LogP contribution in [0.5, 0.6) is 17.2 Å². The summed E-state index contributed by atoms with van der Waals surface area (Å²) in [6, 6.07) is 2.37. The molecular formula is C53H70N6O19. The normalized spacial score (nSPS) is 27.3. The number of morpholine rings is 1. The number of nitrogens with one attached hydrogen (secondary N) is 2. The molecule has 0 aromatic heterocycles. The molecule has 0 spiro atoms. The number of carbonyl (C=O) groups excluding carboxylic acids is 7. The molecule has 3 amide bonds. The Bertz CT molecular complexity index is 2690. The van der Waals surface area contributed by atoms with Crippen LogP contribution in [0.15, 0.2) is 23.3 Å². The fourth-order valence-corrected chi connectivity index (χ4v) is 11.1. The minimum Gasteiger partial charge on any atom is -0.507 e. The first-order valence-electron chi connectivity index (χ1n) is 26.3. The predicted octanol–water partition coefficient (Wildman–Crippen LogP) is 1.87. The van der Waals surface area contributed by atoms with Gasteiger partial charge in [0.25, 0.3) is 0 Å². The average molecular weight is 1100 g/mol. The van der Waals surface area contributed by atoms with Crippen molar-refractivity contribution in [3.63, 3.8) is 0 Å². The Morgan fingerprint density at radius 3 is 2.46 bits per heavy atom. The van der Waals surface area contributed by atoms with Crippen molar-refractivity contribution < 1.29 is 91.9 Å². The molecule has 2 aromatic rings. The number of esters is 1. The molecule has 6 aliphatic rings. The number of benzene rings is 2. The number of aliphatic hydroxyl groups excluding tert-OH is 1. The van der Waals surface area contributed by atoms with E-state index >= 15 is 0 Å². The lowest BCUT2D eigenvalue weighted by atomic mass is 9.71. The third-order valence-electron chi connectivity index (χ3n) is 14.9. The fourth-order valence-electron chi connectivity index (χ4n) is 11.1. The van der Waals surface area contributed by atoms with E-state index in [-0.39, 0.29) is 83.8 Å². The highest BCUT2D eigenvalue weighted by molar-refractivity contribution is 6.31. The number of unbranched alkanes of at least 4 members (excludes halogenated alkanes) is 3. The van der Waals surface area contributed by atoms with Gasteiger partial charge < -0.3 is 69.4 Å². The molecule has 426 valence electrons. The van der Waals surface area contributed by atoms with Crippen LogP contribution in [0.25, 0.3) is 0 Å². The third-order valence-corrected chi connectivity index (χ3v) is 14.9. The van der Waals surface area contributed by atoms with Crippen LogP contribution in [0.4, 0.5) is 4.79 Å². The second-order valence-corrected chi connectivity index (χ2v) is 21.3. The summed E-state index contributed by atoms with van der Waals surface area (Å²) in [4.78, 5) is 94.7. The number of rotatable bonds is 20. The van der Waals surface area contributed by atoms with Crippen LogP contribution < -0.4 is 21.2 Å². The Balaban J connectivity index is 0.891. The Morgan fingerprint density at radius 1 is 0.987 bits per heavy atom. The number of fused-ring (bicyclic) bond motifs is 6. The van der Waals surface area contributed by atoms with Crippen molar-refractivity contribution in [1.29, 1.82) is 0 Å². The maximum absolute atomic E-state index is 14.3. The molecule has 8 rings (SSSR count). The van der Waals surface area contributed by atoms with E-state index in [9.17, 15) is 54.0 Å². The quantitative estimate of drug-likeness (QED) is 0.0161. The van der Waals surface area contributed by atoms with Crippen molar-refractivity contribution in [3.8, 4) is 17.2 Å². The van der Waals surface area contributed by atoms with E-state index in [1.165, 1.54) is 37.3 Å². The van der Waals surface area contributed by atoms with E-state index in [1.54, 1.807) is 20.8 Å². The van der Waals surface area contributed by atoms with E-state index < -0.39 is 132 Å². The first-order chi connectivity index (χ1) is 37.1. The maximum atomic E-state index is 14.3.